The first-order valence-corrected chi connectivity index (χ1v) is 15.6. The Hall–Kier alpha value is -4.06. The van der Waals surface area contributed by atoms with Crippen LogP contribution in [0.25, 0.3) is 0 Å². The zero-order valence-corrected chi connectivity index (χ0v) is 26.0. The average molecular weight is 590 g/mol. The van der Waals surface area contributed by atoms with E-state index >= 15 is 0 Å². The summed E-state index contributed by atoms with van der Waals surface area (Å²) >= 11 is 0. The summed E-state index contributed by atoms with van der Waals surface area (Å²) in [5, 5.41) is 9.74. The molecule has 0 aromatic heterocycles. The fourth-order valence-corrected chi connectivity index (χ4v) is 5.92. The third-order valence-corrected chi connectivity index (χ3v) is 8.62. The maximum absolute atomic E-state index is 13.8. The lowest BCUT2D eigenvalue weighted by atomic mass is 9.84. The maximum Gasteiger partial charge on any atom is 0.173 e. The Morgan fingerprint density at radius 2 is 1.23 bits per heavy atom. The lowest BCUT2D eigenvalue weighted by Crippen LogP contribution is -2.39. The van der Waals surface area contributed by atoms with Gasteiger partial charge in [-0.25, -0.2) is 0 Å². The largest absolute Gasteiger partial charge is 0.508 e. The summed E-state index contributed by atoms with van der Waals surface area (Å²) < 4.78 is 6.72. The number of ether oxygens (including phenoxy) is 1. The molecular formula is C39H43NO4. The highest BCUT2D eigenvalue weighted by Crippen LogP contribution is 2.31. The minimum atomic E-state index is -0.797. The van der Waals surface area contributed by atoms with Gasteiger partial charge in [-0.15, -0.1) is 0 Å². The molecule has 0 radical (unpaired) electrons. The van der Waals surface area contributed by atoms with E-state index in [9.17, 15) is 14.7 Å². The van der Waals surface area contributed by atoms with Gasteiger partial charge in [-0.05, 0) is 72.2 Å². The monoisotopic (exact) mass is 589 g/mol. The number of likely N-dealkylation sites (tertiary alicyclic amines) is 1. The molecule has 0 saturated carbocycles. The number of phenolic OH excluding ortho intramolecular Hbond substituents is 1. The summed E-state index contributed by atoms with van der Waals surface area (Å²) in [4.78, 5) is 29.8. The second-order valence-electron chi connectivity index (χ2n) is 12.8. The molecule has 5 heteroatoms. The molecule has 1 unspecified atom stereocenters. The van der Waals surface area contributed by atoms with Crippen LogP contribution >= 0.6 is 0 Å². The second-order valence-corrected chi connectivity index (χ2v) is 12.8. The molecule has 228 valence electrons. The highest BCUT2D eigenvalue weighted by atomic mass is 16.5. The fraction of sp³-hybridized carbons (Fsp3) is 0.333. The van der Waals surface area contributed by atoms with Gasteiger partial charge in [-0.2, -0.15) is 0 Å². The van der Waals surface area contributed by atoms with Crippen molar-refractivity contribution in [3.05, 3.63) is 137 Å². The van der Waals surface area contributed by atoms with Crippen molar-refractivity contribution in [1.29, 1.82) is 0 Å². The Kier molecular flexibility index (Phi) is 10.1. The van der Waals surface area contributed by atoms with Crippen molar-refractivity contribution < 1.29 is 19.4 Å². The van der Waals surface area contributed by atoms with Crippen LogP contribution in [0.2, 0.25) is 0 Å². The number of ketones is 2. The molecule has 5 nitrogen and oxygen atoms in total. The van der Waals surface area contributed by atoms with Gasteiger partial charge in [0.15, 0.2) is 11.6 Å². The van der Waals surface area contributed by atoms with Gasteiger partial charge in [0.1, 0.15) is 11.9 Å². The standard InChI is InChI=1S/C39H43NO4/c1-39(2,3)32-18-14-28(15-19-32)36(42)35(37(43)29-16-20-33(41)21-17-29)24-27-40-25-22-34(23-26-40)44-38(30-10-6-4-7-11-30)31-12-8-5-9-13-31/h4-21,34-35,38,41H,22-27H2,1-3H3. The predicted molar refractivity (Wildman–Crippen MR) is 175 cm³/mol. The molecule has 4 aromatic rings. The van der Waals surface area contributed by atoms with Gasteiger partial charge in [0.05, 0.1) is 12.0 Å². The smallest absolute Gasteiger partial charge is 0.173 e. The van der Waals surface area contributed by atoms with Crippen LogP contribution in [-0.4, -0.2) is 47.3 Å². The van der Waals surface area contributed by atoms with Crippen LogP contribution in [0.15, 0.2) is 109 Å². The first-order chi connectivity index (χ1) is 21.2. The number of nitrogens with zero attached hydrogens (tertiary/aromatic N) is 1. The van der Waals surface area contributed by atoms with Crippen LogP contribution in [0.5, 0.6) is 5.75 Å². The van der Waals surface area contributed by atoms with E-state index in [4.69, 9.17) is 4.74 Å². The molecule has 1 heterocycles. The number of hydrogen-bond acceptors (Lipinski definition) is 5. The number of carbonyl (C=O) groups is 2. The van der Waals surface area contributed by atoms with E-state index in [0.29, 0.717) is 24.1 Å². The number of rotatable bonds is 11. The van der Waals surface area contributed by atoms with Crippen LogP contribution in [0, 0.1) is 5.92 Å². The molecule has 0 bridgehead atoms. The molecular weight excluding hydrogens is 546 g/mol. The highest BCUT2D eigenvalue weighted by molar-refractivity contribution is 6.16. The van der Waals surface area contributed by atoms with Gasteiger partial charge >= 0.3 is 0 Å². The molecule has 0 aliphatic carbocycles. The Morgan fingerprint density at radius 3 is 1.70 bits per heavy atom. The minimum Gasteiger partial charge on any atom is -0.508 e. The van der Waals surface area contributed by atoms with E-state index in [2.05, 4.69) is 49.9 Å². The first kappa shape index (κ1) is 31.4. The second kappa shape index (κ2) is 14.1. The maximum atomic E-state index is 13.8. The molecule has 0 amide bonds. The number of hydrogen-bond donors (Lipinski definition) is 1. The molecule has 0 spiro atoms. The van der Waals surface area contributed by atoms with Gasteiger partial charge in [-0.1, -0.05) is 106 Å². The van der Waals surface area contributed by atoms with Crippen LogP contribution in [-0.2, 0) is 10.2 Å². The van der Waals surface area contributed by atoms with E-state index in [0.717, 1.165) is 42.6 Å². The topological polar surface area (TPSA) is 66.8 Å². The van der Waals surface area contributed by atoms with E-state index < -0.39 is 5.92 Å². The van der Waals surface area contributed by atoms with Crippen molar-refractivity contribution in [2.45, 2.75) is 57.7 Å². The van der Waals surface area contributed by atoms with Crippen LogP contribution in [0.1, 0.15) is 83.5 Å². The van der Waals surface area contributed by atoms with Crippen molar-refractivity contribution in [3.8, 4) is 5.75 Å². The molecule has 44 heavy (non-hydrogen) atoms. The lowest BCUT2D eigenvalue weighted by Gasteiger charge is -2.34. The Labute approximate surface area is 261 Å². The zero-order valence-electron chi connectivity index (χ0n) is 26.0. The number of aromatic hydroxyl groups is 1. The summed E-state index contributed by atoms with van der Waals surface area (Å²) in [6.45, 7) is 8.75. The van der Waals surface area contributed by atoms with Crippen molar-refractivity contribution in [2.24, 2.45) is 5.92 Å². The summed E-state index contributed by atoms with van der Waals surface area (Å²) in [6.07, 6.45) is 2.20. The number of piperidine rings is 1. The van der Waals surface area contributed by atoms with Crippen LogP contribution in [0.4, 0.5) is 0 Å². The van der Waals surface area contributed by atoms with Crippen molar-refractivity contribution >= 4 is 11.6 Å². The Balaban J connectivity index is 1.25. The Bertz CT molecular complexity index is 1460. The molecule has 4 aromatic carbocycles. The van der Waals surface area contributed by atoms with Crippen molar-refractivity contribution in [2.75, 3.05) is 19.6 Å². The summed E-state index contributed by atoms with van der Waals surface area (Å²) in [6, 6.07) is 34.6. The Morgan fingerprint density at radius 1 is 0.750 bits per heavy atom. The molecule has 1 aliphatic rings. The predicted octanol–water partition coefficient (Wildman–Crippen LogP) is 8.03. The molecule has 1 saturated heterocycles. The van der Waals surface area contributed by atoms with Gasteiger partial charge in [0.25, 0.3) is 0 Å². The average Bonchev–Trinajstić information content (AvgIpc) is 3.05. The number of benzene rings is 4. The normalized spacial score (nSPS) is 15.3. The number of Topliss-reactive ketones (excluding diaryl/α,β-unsaturated/α-hetero) is 2. The molecule has 1 atom stereocenters. The summed E-state index contributed by atoms with van der Waals surface area (Å²) in [5.74, 6) is -1.07. The third kappa shape index (κ3) is 7.90. The van der Waals surface area contributed by atoms with Crippen molar-refractivity contribution in [3.63, 3.8) is 0 Å². The highest BCUT2D eigenvalue weighted by Gasteiger charge is 2.31. The first-order valence-electron chi connectivity index (χ1n) is 15.6. The summed E-state index contributed by atoms with van der Waals surface area (Å²) in [7, 11) is 0. The minimum absolute atomic E-state index is 0.0269. The molecule has 5 rings (SSSR count). The van der Waals surface area contributed by atoms with Crippen LogP contribution in [0.3, 0.4) is 0 Å². The van der Waals surface area contributed by atoms with E-state index in [-0.39, 0.29) is 34.9 Å². The van der Waals surface area contributed by atoms with Crippen LogP contribution < -0.4 is 0 Å². The van der Waals surface area contributed by atoms with E-state index in [1.165, 1.54) is 12.1 Å². The number of carbonyl (C=O) groups excluding carboxylic acids is 2. The van der Waals surface area contributed by atoms with Gasteiger partial charge in [0, 0.05) is 24.2 Å². The quantitative estimate of drug-likeness (QED) is 0.142. The molecule has 1 fully saturated rings. The van der Waals surface area contributed by atoms with Gasteiger partial charge < -0.3 is 14.7 Å². The molecule has 1 N–H and O–H groups in total. The zero-order chi connectivity index (χ0) is 31.1. The van der Waals surface area contributed by atoms with Gasteiger partial charge in [0.2, 0.25) is 0 Å². The van der Waals surface area contributed by atoms with Crippen molar-refractivity contribution in [1.82, 2.24) is 4.90 Å². The summed E-state index contributed by atoms with van der Waals surface area (Å²) in [5.41, 5.74) is 4.39. The van der Waals surface area contributed by atoms with E-state index in [1.807, 2.05) is 60.7 Å². The third-order valence-electron chi connectivity index (χ3n) is 8.62. The van der Waals surface area contributed by atoms with Gasteiger partial charge in [-0.3, -0.25) is 9.59 Å². The SMILES string of the molecule is CC(C)(C)c1ccc(C(=O)C(CCN2CCC(OC(c3ccccc3)c3ccccc3)CC2)C(=O)c2ccc(O)cc2)cc1. The van der Waals surface area contributed by atoms with E-state index in [1.54, 1.807) is 12.1 Å². The number of phenols is 1. The fourth-order valence-electron chi connectivity index (χ4n) is 5.92. The molecule has 1 aliphatic heterocycles. The lowest BCUT2D eigenvalue weighted by molar-refractivity contribution is -0.0273.